The van der Waals surface area contributed by atoms with Crippen molar-refractivity contribution in [2.75, 3.05) is 62.3 Å². The number of sulfonamides is 1. The number of hydrogen-bond donors (Lipinski definition) is 0. The Kier molecular flexibility index (Phi) is 10.8. The first-order valence-corrected chi connectivity index (χ1v) is 15.9. The standard InChI is InChI=1S/C30H34N4O5S2.ClH/c1-3-34(24-8-5-4-6-9-24)41(36,37)26-13-10-23(11-14-26)29(35)33(17-7-16-32-18-20-39-21-19-32)30-31-27-22-25(38-2)12-15-28(27)40-30;/h4-6,8-15,22H,3,7,16-21H2,1-2H3;1H. The molecule has 0 unspecified atom stereocenters. The fourth-order valence-electron chi connectivity index (χ4n) is 4.84. The summed E-state index contributed by atoms with van der Waals surface area (Å²) in [5.74, 6) is 0.477. The number of morpholine rings is 1. The van der Waals surface area contributed by atoms with E-state index in [9.17, 15) is 13.2 Å². The van der Waals surface area contributed by atoms with E-state index in [1.807, 2.05) is 24.3 Å². The maximum Gasteiger partial charge on any atom is 0.264 e. The highest BCUT2D eigenvalue weighted by Crippen LogP contribution is 2.32. The number of hydrogen-bond acceptors (Lipinski definition) is 8. The van der Waals surface area contributed by atoms with Gasteiger partial charge in [0.15, 0.2) is 5.13 Å². The normalized spacial score (nSPS) is 13.9. The highest BCUT2D eigenvalue weighted by molar-refractivity contribution is 7.92. The Balaban J connectivity index is 0.00000405. The third-order valence-corrected chi connectivity index (χ3v) is 10.0. The molecule has 5 rings (SSSR count). The number of methoxy groups -OCH3 is 1. The maximum absolute atomic E-state index is 13.9. The Bertz CT molecular complexity index is 1580. The van der Waals surface area contributed by atoms with Gasteiger partial charge >= 0.3 is 0 Å². The van der Waals surface area contributed by atoms with Gasteiger partial charge in [0, 0.05) is 44.4 Å². The molecule has 0 aliphatic carbocycles. The number of rotatable bonds is 11. The molecule has 3 aromatic carbocycles. The van der Waals surface area contributed by atoms with Gasteiger partial charge in [-0.3, -0.25) is 18.9 Å². The van der Waals surface area contributed by atoms with E-state index in [1.165, 1.54) is 27.8 Å². The summed E-state index contributed by atoms with van der Waals surface area (Å²) in [7, 11) is -2.19. The van der Waals surface area contributed by atoms with Gasteiger partial charge in [-0.2, -0.15) is 0 Å². The van der Waals surface area contributed by atoms with Crippen LogP contribution in [0.2, 0.25) is 0 Å². The van der Waals surface area contributed by atoms with Gasteiger partial charge in [-0.1, -0.05) is 29.5 Å². The number of anilines is 2. The molecular weight excluding hydrogens is 596 g/mol. The lowest BCUT2D eigenvalue weighted by atomic mass is 10.2. The van der Waals surface area contributed by atoms with Gasteiger partial charge in [-0.25, -0.2) is 13.4 Å². The lowest BCUT2D eigenvalue weighted by molar-refractivity contribution is 0.0376. The van der Waals surface area contributed by atoms with Crippen molar-refractivity contribution in [1.82, 2.24) is 9.88 Å². The maximum atomic E-state index is 13.9. The Morgan fingerprint density at radius 2 is 1.76 bits per heavy atom. The van der Waals surface area contributed by atoms with E-state index in [-0.39, 0.29) is 29.8 Å². The van der Waals surface area contributed by atoms with Crippen molar-refractivity contribution in [1.29, 1.82) is 0 Å². The number of ether oxygens (including phenoxy) is 2. The van der Waals surface area contributed by atoms with Crippen LogP contribution in [0.25, 0.3) is 10.2 Å². The van der Waals surface area contributed by atoms with E-state index in [0.717, 1.165) is 49.5 Å². The van der Waals surface area contributed by atoms with Crippen LogP contribution in [0.1, 0.15) is 23.7 Å². The second kappa shape index (κ2) is 14.3. The molecular formula is C30H35ClN4O5S2. The van der Waals surface area contributed by atoms with E-state index in [2.05, 4.69) is 4.90 Å². The van der Waals surface area contributed by atoms with E-state index in [4.69, 9.17) is 14.5 Å². The Morgan fingerprint density at radius 1 is 1.05 bits per heavy atom. The van der Waals surface area contributed by atoms with Gasteiger partial charge < -0.3 is 9.47 Å². The molecule has 0 N–H and O–H groups in total. The highest BCUT2D eigenvalue weighted by Gasteiger charge is 2.26. The van der Waals surface area contributed by atoms with Crippen molar-refractivity contribution in [3.63, 3.8) is 0 Å². The molecule has 0 radical (unpaired) electrons. The third-order valence-electron chi connectivity index (χ3n) is 7.04. The fraction of sp³-hybridized carbons (Fsp3) is 0.333. The molecule has 1 amide bonds. The monoisotopic (exact) mass is 630 g/mol. The molecule has 0 saturated carbocycles. The minimum absolute atomic E-state index is 0. The average molecular weight is 631 g/mol. The molecule has 12 heteroatoms. The van der Waals surface area contributed by atoms with Crippen LogP contribution in [0.4, 0.5) is 10.8 Å². The van der Waals surface area contributed by atoms with Crippen LogP contribution in [0, 0.1) is 0 Å². The fourth-order valence-corrected chi connectivity index (χ4v) is 7.28. The number of aromatic nitrogens is 1. The Morgan fingerprint density at radius 3 is 2.43 bits per heavy atom. The Hall–Kier alpha value is -3.22. The van der Waals surface area contributed by atoms with Crippen LogP contribution in [-0.2, 0) is 14.8 Å². The van der Waals surface area contributed by atoms with Crippen LogP contribution in [0.3, 0.4) is 0 Å². The number of nitrogens with zero attached hydrogens (tertiary/aromatic N) is 4. The molecule has 42 heavy (non-hydrogen) atoms. The molecule has 0 spiro atoms. The summed E-state index contributed by atoms with van der Waals surface area (Å²) in [5, 5.41) is 0.596. The van der Waals surface area contributed by atoms with Gasteiger partial charge in [0.2, 0.25) is 0 Å². The second-order valence-corrected chi connectivity index (χ2v) is 12.5. The minimum Gasteiger partial charge on any atom is -0.497 e. The number of fused-ring (bicyclic) bond motifs is 1. The number of carbonyl (C=O) groups excluding carboxylic acids is 1. The first kappa shape index (κ1) is 31.7. The molecule has 2 heterocycles. The van der Waals surface area contributed by atoms with Crippen molar-refractivity contribution in [3.05, 3.63) is 78.4 Å². The summed E-state index contributed by atoms with van der Waals surface area (Å²) in [6.07, 6.45) is 0.764. The molecule has 1 aliphatic heterocycles. The molecule has 1 saturated heterocycles. The van der Waals surface area contributed by atoms with E-state index < -0.39 is 10.0 Å². The molecule has 1 aliphatic rings. The zero-order valence-corrected chi connectivity index (χ0v) is 26.1. The first-order valence-electron chi connectivity index (χ1n) is 13.6. The lowest BCUT2D eigenvalue weighted by Crippen LogP contribution is -2.39. The number of para-hydroxylation sites is 1. The summed E-state index contributed by atoms with van der Waals surface area (Å²) in [6, 6.07) is 20.8. The predicted octanol–water partition coefficient (Wildman–Crippen LogP) is 5.31. The zero-order valence-electron chi connectivity index (χ0n) is 23.6. The number of carbonyl (C=O) groups is 1. The van der Waals surface area contributed by atoms with Gasteiger partial charge in [0.25, 0.3) is 15.9 Å². The summed E-state index contributed by atoms with van der Waals surface area (Å²) in [4.78, 5) is 22.8. The van der Waals surface area contributed by atoms with Crippen LogP contribution in [-0.4, -0.2) is 77.3 Å². The van der Waals surface area contributed by atoms with Crippen LogP contribution < -0.4 is 13.9 Å². The molecule has 224 valence electrons. The highest BCUT2D eigenvalue weighted by atomic mass is 35.5. The number of halogens is 1. The lowest BCUT2D eigenvalue weighted by Gasteiger charge is -2.27. The smallest absolute Gasteiger partial charge is 0.264 e. The van der Waals surface area contributed by atoms with E-state index in [0.29, 0.717) is 28.7 Å². The van der Waals surface area contributed by atoms with Crippen molar-refractivity contribution in [2.45, 2.75) is 18.2 Å². The van der Waals surface area contributed by atoms with Crippen molar-refractivity contribution < 1.29 is 22.7 Å². The van der Waals surface area contributed by atoms with Crippen LogP contribution in [0.5, 0.6) is 5.75 Å². The zero-order chi connectivity index (χ0) is 28.8. The molecule has 0 atom stereocenters. The summed E-state index contributed by atoms with van der Waals surface area (Å²) in [5.41, 5.74) is 1.75. The van der Waals surface area contributed by atoms with Crippen LogP contribution in [0.15, 0.2) is 77.7 Å². The number of thiazole rings is 1. The van der Waals surface area contributed by atoms with Crippen molar-refractivity contribution in [2.24, 2.45) is 0 Å². The summed E-state index contributed by atoms with van der Waals surface area (Å²) in [6.45, 7) is 6.59. The SMILES string of the molecule is CCN(c1ccccc1)S(=O)(=O)c1ccc(C(=O)N(CCCN2CCOCC2)c2nc3cc(OC)ccc3s2)cc1.Cl. The predicted molar refractivity (Wildman–Crippen MR) is 170 cm³/mol. The van der Waals surface area contributed by atoms with Crippen molar-refractivity contribution in [3.8, 4) is 5.75 Å². The number of amides is 1. The van der Waals surface area contributed by atoms with Gasteiger partial charge in [0.1, 0.15) is 5.75 Å². The third kappa shape index (κ3) is 7.04. The second-order valence-electron chi connectivity index (χ2n) is 9.62. The van der Waals surface area contributed by atoms with E-state index in [1.54, 1.807) is 55.3 Å². The average Bonchev–Trinajstić information content (AvgIpc) is 3.43. The van der Waals surface area contributed by atoms with E-state index >= 15 is 0 Å². The summed E-state index contributed by atoms with van der Waals surface area (Å²) >= 11 is 1.45. The van der Waals surface area contributed by atoms with Gasteiger partial charge in [0.05, 0.1) is 41.1 Å². The quantitative estimate of drug-likeness (QED) is 0.222. The molecule has 9 nitrogen and oxygen atoms in total. The number of benzene rings is 3. The van der Waals surface area contributed by atoms with Crippen LogP contribution >= 0.6 is 23.7 Å². The molecule has 1 fully saturated rings. The van der Waals surface area contributed by atoms with Gasteiger partial charge in [-0.15, -0.1) is 12.4 Å². The van der Waals surface area contributed by atoms with Gasteiger partial charge in [-0.05, 0) is 61.9 Å². The largest absolute Gasteiger partial charge is 0.497 e. The molecule has 4 aromatic rings. The first-order chi connectivity index (χ1) is 19.9. The Labute approximate surface area is 257 Å². The molecule has 0 bridgehead atoms. The molecule has 1 aromatic heterocycles. The topological polar surface area (TPSA) is 92.3 Å². The van der Waals surface area contributed by atoms with Crippen molar-refractivity contribution >= 4 is 60.7 Å². The summed E-state index contributed by atoms with van der Waals surface area (Å²) < 4.78 is 40.0. The minimum atomic E-state index is -3.80.